The van der Waals surface area contributed by atoms with Gasteiger partial charge in [0.25, 0.3) is 0 Å². The molecule has 0 heterocycles. The summed E-state index contributed by atoms with van der Waals surface area (Å²) >= 11 is 0. The topological polar surface area (TPSA) is 0 Å². The molecule has 0 unspecified atom stereocenters. The summed E-state index contributed by atoms with van der Waals surface area (Å²) in [7, 11) is 0. The number of aryl methyl sites for hydroxylation is 2. The molecule has 0 spiro atoms. The highest BCUT2D eigenvalue weighted by atomic mass is 19.4. The van der Waals surface area contributed by atoms with Crippen molar-refractivity contribution in [1.29, 1.82) is 0 Å². The molecule has 0 fully saturated rings. The van der Waals surface area contributed by atoms with Gasteiger partial charge >= 0.3 is 6.18 Å². The van der Waals surface area contributed by atoms with Gasteiger partial charge in [0.05, 0.1) is 5.56 Å². The fourth-order valence-corrected chi connectivity index (χ4v) is 3.45. The molecule has 3 rings (SSSR count). The van der Waals surface area contributed by atoms with Gasteiger partial charge in [-0.25, -0.2) is 17.6 Å². The Morgan fingerprint density at radius 2 is 1.24 bits per heavy atom. The van der Waals surface area contributed by atoms with Gasteiger partial charge in [-0.15, -0.1) is 0 Å². The molecule has 0 aliphatic heterocycles. The minimum atomic E-state index is -4.89. The summed E-state index contributed by atoms with van der Waals surface area (Å²) in [5, 5.41) is 0. The van der Waals surface area contributed by atoms with Gasteiger partial charge in [-0.3, -0.25) is 0 Å². The molecule has 172 valence electrons. The molecular formula is C26H19F7. The second kappa shape index (κ2) is 10.1. The van der Waals surface area contributed by atoms with Crippen LogP contribution in [0, 0.1) is 35.1 Å². The van der Waals surface area contributed by atoms with Crippen molar-refractivity contribution in [1.82, 2.24) is 0 Å². The summed E-state index contributed by atoms with van der Waals surface area (Å²) in [4.78, 5) is 0. The Morgan fingerprint density at radius 3 is 1.76 bits per heavy atom. The normalized spacial score (nSPS) is 11.3. The predicted octanol–water partition coefficient (Wildman–Crippen LogP) is 7.56. The molecule has 0 bridgehead atoms. The summed E-state index contributed by atoms with van der Waals surface area (Å²) in [5.74, 6) is -1.90. The van der Waals surface area contributed by atoms with E-state index in [2.05, 4.69) is 6.92 Å². The second-order valence-corrected chi connectivity index (χ2v) is 7.55. The van der Waals surface area contributed by atoms with E-state index in [0.29, 0.717) is 11.1 Å². The number of hydrogen-bond donors (Lipinski definition) is 0. The van der Waals surface area contributed by atoms with Gasteiger partial charge in [-0.05, 0) is 65.8 Å². The first-order chi connectivity index (χ1) is 15.6. The number of benzene rings is 3. The smallest absolute Gasteiger partial charge is 0.207 e. The summed E-state index contributed by atoms with van der Waals surface area (Å²) in [5.41, 5.74) is 0.914. The van der Waals surface area contributed by atoms with Crippen molar-refractivity contribution in [2.45, 2.75) is 38.8 Å². The molecule has 3 aromatic rings. The van der Waals surface area contributed by atoms with Crippen LogP contribution < -0.4 is 0 Å². The first-order valence-electron chi connectivity index (χ1n) is 10.2. The standard InChI is InChI=1S/C26H19F7/c1-2-3-16-4-7-18(8-5-16)19-14-24(29)20(25(30)15-19)9-6-17-12-22(27)21(23(28)13-17)10-11-26(31,32)33/h4-5,7-8,12-15H,2-3,6,9H2,1H3. The average molecular weight is 464 g/mol. The van der Waals surface area contributed by atoms with Crippen molar-refractivity contribution in [2.75, 3.05) is 0 Å². The van der Waals surface area contributed by atoms with Crippen LogP contribution in [0.5, 0.6) is 0 Å². The zero-order chi connectivity index (χ0) is 24.2. The highest BCUT2D eigenvalue weighted by molar-refractivity contribution is 5.64. The summed E-state index contributed by atoms with van der Waals surface area (Å²) < 4.78 is 93.8. The summed E-state index contributed by atoms with van der Waals surface area (Å²) in [6, 6.07) is 11.4. The maximum Gasteiger partial charge on any atom is 0.458 e. The van der Waals surface area contributed by atoms with Gasteiger partial charge in [-0.1, -0.05) is 43.5 Å². The lowest BCUT2D eigenvalue weighted by atomic mass is 9.97. The van der Waals surface area contributed by atoms with Gasteiger partial charge in [0, 0.05) is 11.5 Å². The Balaban J connectivity index is 1.78. The van der Waals surface area contributed by atoms with Crippen LogP contribution in [0.25, 0.3) is 11.1 Å². The molecular weight excluding hydrogens is 445 g/mol. The first kappa shape index (κ1) is 24.4. The van der Waals surface area contributed by atoms with Crippen molar-refractivity contribution in [3.8, 4) is 23.0 Å². The molecule has 0 aromatic heterocycles. The van der Waals surface area contributed by atoms with E-state index in [-0.39, 0.29) is 24.0 Å². The van der Waals surface area contributed by atoms with Crippen molar-refractivity contribution < 1.29 is 30.7 Å². The van der Waals surface area contributed by atoms with E-state index in [4.69, 9.17) is 0 Å². The lowest BCUT2D eigenvalue weighted by Gasteiger charge is -2.10. The van der Waals surface area contributed by atoms with Crippen LogP contribution in [0.15, 0.2) is 48.5 Å². The minimum absolute atomic E-state index is 0.0388. The summed E-state index contributed by atoms with van der Waals surface area (Å²) in [6.07, 6.45) is -3.33. The maximum absolute atomic E-state index is 14.6. The first-order valence-corrected chi connectivity index (χ1v) is 10.2. The zero-order valence-corrected chi connectivity index (χ0v) is 17.6. The quantitative estimate of drug-likeness (QED) is 0.261. The Kier molecular flexibility index (Phi) is 7.47. The van der Waals surface area contributed by atoms with Gasteiger partial charge in [0.15, 0.2) is 0 Å². The van der Waals surface area contributed by atoms with Gasteiger partial charge in [-0.2, -0.15) is 13.2 Å². The lowest BCUT2D eigenvalue weighted by molar-refractivity contribution is -0.0696. The number of alkyl halides is 3. The Morgan fingerprint density at radius 1 is 0.667 bits per heavy atom. The third-order valence-electron chi connectivity index (χ3n) is 5.06. The fourth-order valence-electron chi connectivity index (χ4n) is 3.45. The van der Waals surface area contributed by atoms with Crippen molar-refractivity contribution >= 4 is 0 Å². The Labute approximate surface area is 187 Å². The van der Waals surface area contributed by atoms with E-state index in [1.54, 1.807) is 12.1 Å². The lowest BCUT2D eigenvalue weighted by Crippen LogP contribution is -2.04. The average Bonchev–Trinajstić information content (AvgIpc) is 2.72. The fraction of sp³-hybridized carbons (Fsp3) is 0.231. The molecule has 0 saturated carbocycles. The Bertz CT molecular complexity index is 1150. The maximum atomic E-state index is 14.6. The van der Waals surface area contributed by atoms with Crippen molar-refractivity contribution in [3.05, 3.63) is 94.1 Å². The van der Waals surface area contributed by atoms with E-state index in [1.807, 2.05) is 12.1 Å². The van der Waals surface area contributed by atoms with Crippen LogP contribution >= 0.6 is 0 Å². The van der Waals surface area contributed by atoms with Crippen LogP contribution in [0.4, 0.5) is 30.7 Å². The number of hydrogen-bond acceptors (Lipinski definition) is 0. The molecule has 0 atom stereocenters. The van der Waals surface area contributed by atoms with E-state index in [9.17, 15) is 30.7 Å². The van der Waals surface area contributed by atoms with E-state index in [0.717, 1.165) is 36.5 Å². The van der Waals surface area contributed by atoms with E-state index in [1.165, 1.54) is 18.1 Å². The molecule has 7 heteroatoms. The molecule has 0 nitrogen and oxygen atoms in total. The molecule has 0 aliphatic carbocycles. The van der Waals surface area contributed by atoms with Crippen LogP contribution in [0.2, 0.25) is 0 Å². The Hall–Kier alpha value is -3.27. The molecule has 0 aliphatic rings. The number of rotatable bonds is 6. The summed E-state index contributed by atoms with van der Waals surface area (Å²) in [6.45, 7) is 2.05. The molecule has 0 amide bonds. The molecule has 3 aromatic carbocycles. The zero-order valence-electron chi connectivity index (χ0n) is 17.6. The molecule has 0 saturated heterocycles. The third kappa shape index (κ3) is 6.38. The molecule has 33 heavy (non-hydrogen) atoms. The van der Waals surface area contributed by atoms with Gasteiger partial charge in [0.1, 0.15) is 23.3 Å². The van der Waals surface area contributed by atoms with E-state index >= 15 is 0 Å². The number of halogens is 7. The SMILES string of the molecule is CCCc1ccc(-c2cc(F)c(CCc3cc(F)c(C#CC(F)(F)F)c(F)c3)c(F)c2)cc1. The monoisotopic (exact) mass is 464 g/mol. The third-order valence-corrected chi connectivity index (χ3v) is 5.06. The highest BCUT2D eigenvalue weighted by Gasteiger charge is 2.23. The van der Waals surface area contributed by atoms with Crippen molar-refractivity contribution in [3.63, 3.8) is 0 Å². The van der Waals surface area contributed by atoms with E-state index < -0.39 is 35.0 Å². The van der Waals surface area contributed by atoms with Gasteiger partial charge < -0.3 is 0 Å². The second-order valence-electron chi connectivity index (χ2n) is 7.55. The minimum Gasteiger partial charge on any atom is -0.207 e. The van der Waals surface area contributed by atoms with Crippen LogP contribution in [0.3, 0.4) is 0 Å². The molecule has 0 N–H and O–H groups in total. The largest absolute Gasteiger partial charge is 0.458 e. The van der Waals surface area contributed by atoms with Crippen molar-refractivity contribution in [2.24, 2.45) is 0 Å². The molecule has 0 radical (unpaired) electrons. The van der Waals surface area contributed by atoms with Crippen LogP contribution in [0.1, 0.15) is 35.6 Å². The highest BCUT2D eigenvalue weighted by Crippen LogP contribution is 2.26. The van der Waals surface area contributed by atoms with Crippen LogP contribution in [-0.4, -0.2) is 6.18 Å². The van der Waals surface area contributed by atoms with Crippen LogP contribution in [-0.2, 0) is 19.3 Å². The predicted molar refractivity (Wildman–Crippen MR) is 112 cm³/mol. The van der Waals surface area contributed by atoms with Gasteiger partial charge in [0.2, 0.25) is 0 Å².